The van der Waals surface area contributed by atoms with Gasteiger partial charge in [0.05, 0.1) is 18.5 Å². The molecule has 0 saturated carbocycles. The zero-order valence-electron chi connectivity index (χ0n) is 17.4. The number of nitrogens with zero attached hydrogens (tertiary/aromatic N) is 2. The van der Waals surface area contributed by atoms with Crippen molar-refractivity contribution in [2.75, 3.05) is 12.4 Å². The molecule has 160 valence electrons. The maximum atomic E-state index is 12.7. The average Bonchev–Trinajstić information content (AvgIpc) is 2.82. The minimum atomic E-state index is -0.393. The summed E-state index contributed by atoms with van der Waals surface area (Å²) in [5.41, 5.74) is 1.52. The van der Waals surface area contributed by atoms with Gasteiger partial charge in [-0.25, -0.2) is 4.68 Å². The number of hydrogen-bond donors (Lipinski definition) is 1. The first-order valence-electron chi connectivity index (χ1n) is 9.97. The number of anilines is 1. The van der Waals surface area contributed by atoms with Gasteiger partial charge in [0, 0.05) is 11.6 Å². The molecule has 0 spiro atoms. The van der Waals surface area contributed by atoms with Gasteiger partial charge in [-0.1, -0.05) is 30.3 Å². The fourth-order valence-electron chi connectivity index (χ4n) is 3.08. The summed E-state index contributed by atoms with van der Waals surface area (Å²) in [4.78, 5) is 25.0. The summed E-state index contributed by atoms with van der Waals surface area (Å²) >= 11 is 0. The molecule has 7 nitrogen and oxygen atoms in total. The minimum Gasteiger partial charge on any atom is -0.497 e. The first-order chi connectivity index (χ1) is 15.6. The lowest BCUT2D eigenvalue weighted by Crippen LogP contribution is -2.29. The van der Waals surface area contributed by atoms with E-state index in [1.807, 2.05) is 60.7 Å². The van der Waals surface area contributed by atoms with Gasteiger partial charge < -0.3 is 14.8 Å². The van der Waals surface area contributed by atoms with Crippen LogP contribution >= 0.6 is 0 Å². The van der Waals surface area contributed by atoms with Crippen LogP contribution in [0.4, 0.5) is 5.69 Å². The quantitative estimate of drug-likeness (QED) is 0.474. The molecular weight excluding hydrogens is 406 g/mol. The van der Waals surface area contributed by atoms with Crippen molar-refractivity contribution < 1.29 is 14.3 Å². The first-order valence-corrected chi connectivity index (χ1v) is 9.97. The second-order valence-electron chi connectivity index (χ2n) is 6.90. The number of amides is 1. The van der Waals surface area contributed by atoms with Crippen LogP contribution in [0, 0.1) is 0 Å². The van der Waals surface area contributed by atoms with E-state index in [1.165, 1.54) is 6.07 Å². The van der Waals surface area contributed by atoms with Crippen molar-refractivity contribution in [2.45, 2.75) is 6.54 Å². The monoisotopic (exact) mass is 427 g/mol. The number of benzene rings is 3. The van der Waals surface area contributed by atoms with E-state index in [9.17, 15) is 9.59 Å². The number of carbonyl (C=O) groups is 1. The molecule has 0 aliphatic heterocycles. The molecule has 0 atom stereocenters. The number of carbonyl (C=O) groups excluding carboxylic acids is 1. The summed E-state index contributed by atoms with van der Waals surface area (Å²) in [5, 5.41) is 7.14. The lowest BCUT2D eigenvalue weighted by atomic mass is 10.1. The maximum absolute atomic E-state index is 12.7. The Morgan fingerprint density at radius 1 is 0.875 bits per heavy atom. The van der Waals surface area contributed by atoms with Gasteiger partial charge in [0.25, 0.3) is 5.56 Å². The van der Waals surface area contributed by atoms with E-state index >= 15 is 0 Å². The van der Waals surface area contributed by atoms with Gasteiger partial charge in [-0.2, -0.15) is 5.10 Å². The van der Waals surface area contributed by atoms with Crippen molar-refractivity contribution in [1.29, 1.82) is 0 Å². The van der Waals surface area contributed by atoms with Crippen LogP contribution in [0.3, 0.4) is 0 Å². The van der Waals surface area contributed by atoms with Gasteiger partial charge in [0.15, 0.2) is 5.75 Å². The molecular formula is C25H21N3O4. The molecule has 1 heterocycles. The average molecular weight is 427 g/mol. The molecule has 0 bridgehead atoms. The van der Waals surface area contributed by atoms with Gasteiger partial charge in [0.1, 0.15) is 18.0 Å². The van der Waals surface area contributed by atoms with Crippen molar-refractivity contribution in [2.24, 2.45) is 0 Å². The fraction of sp³-hybridized carbons (Fsp3) is 0.0800. The van der Waals surface area contributed by atoms with Crippen LogP contribution in [0.1, 0.15) is 0 Å². The largest absolute Gasteiger partial charge is 0.497 e. The van der Waals surface area contributed by atoms with Gasteiger partial charge in [-0.15, -0.1) is 0 Å². The number of rotatable bonds is 7. The number of methoxy groups -OCH3 is 1. The molecule has 7 heteroatoms. The molecule has 0 fully saturated rings. The SMILES string of the molecule is COc1ccc(-c2ccc(=O)n(CC(=O)Nc3ccccc3Oc3ccccc3)n2)cc1. The first kappa shape index (κ1) is 20.9. The number of para-hydroxylation sites is 3. The summed E-state index contributed by atoms with van der Waals surface area (Å²) in [6.45, 7) is -0.234. The second kappa shape index (κ2) is 9.61. The van der Waals surface area contributed by atoms with Gasteiger partial charge in [-0.3, -0.25) is 9.59 Å². The van der Waals surface area contributed by atoms with Crippen molar-refractivity contribution in [3.63, 3.8) is 0 Å². The number of ether oxygens (including phenoxy) is 2. The van der Waals surface area contributed by atoms with E-state index in [1.54, 1.807) is 31.4 Å². The topological polar surface area (TPSA) is 82.5 Å². The predicted octanol–water partition coefficient (Wildman–Crippen LogP) is 4.35. The Morgan fingerprint density at radius 3 is 2.34 bits per heavy atom. The molecule has 1 N–H and O–H groups in total. The van der Waals surface area contributed by atoms with Crippen molar-refractivity contribution >= 4 is 11.6 Å². The zero-order valence-corrected chi connectivity index (χ0v) is 17.4. The smallest absolute Gasteiger partial charge is 0.267 e. The Hall–Kier alpha value is -4.39. The third kappa shape index (κ3) is 5.02. The van der Waals surface area contributed by atoms with E-state index in [4.69, 9.17) is 9.47 Å². The molecule has 0 aliphatic carbocycles. The van der Waals surface area contributed by atoms with Gasteiger partial charge in [0.2, 0.25) is 5.91 Å². The molecule has 0 aliphatic rings. The predicted molar refractivity (Wildman–Crippen MR) is 122 cm³/mol. The fourth-order valence-corrected chi connectivity index (χ4v) is 3.08. The molecule has 4 rings (SSSR count). The Balaban J connectivity index is 1.51. The van der Waals surface area contributed by atoms with Crippen LogP contribution in [0.25, 0.3) is 11.3 Å². The summed E-state index contributed by atoms with van der Waals surface area (Å²) in [6, 6.07) is 26.7. The summed E-state index contributed by atoms with van der Waals surface area (Å²) in [5.74, 6) is 1.48. The molecule has 4 aromatic rings. The Bertz CT molecular complexity index is 1270. The van der Waals surface area contributed by atoms with Crippen LogP contribution in [-0.2, 0) is 11.3 Å². The molecule has 1 amide bonds. The van der Waals surface area contributed by atoms with Gasteiger partial charge in [-0.05, 0) is 54.6 Å². The maximum Gasteiger partial charge on any atom is 0.267 e. The summed E-state index contributed by atoms with van der Waals surface area (Å²) < 4.78 is 12.2. The molecule has 1 aromatic heterocycles. The molecule has 32 heavy (non-hydrogen) atoms. The lowest BCUT2D eigenvalue weighted by molar-refractivity contribution is -0.117. The van der Waals surface area contributed by atoms with Crippen LogP contribution in [-0.4, -0.2) is 22.8 Å². The third-order valence-corrected chi connectivity index (χ3v) is 4.68. The summed E-state index contributed by atoms with van der Waals surface area (Å²) in [6.07, 6.45) is 0. The Kier molecular flexibility index (Phi) is 6.27. The highest BCUT2D eigenvalue weighted by atomic mass is 16.5. The lowest BCUT2D eigenvalue weighted by Gasteiger charge is -2.13. The van der Waals surface area contributed by atoms with Crippen LogP contribution in [0.5, 0.6) is 17.2 Å². The number of aromatic nitrogens is 2. The van der Waals surface area contributed by atoms with E-state index in [-0.39, 0.29) is 12.1 Å². The van der Waals surface area contributed by atoms with Gasteiger partial charge >= 0.3 is 0 Å². The van der Waals surface area contributed by atoms with Crippen molar-refractivity contribution in [3.05, 3.63) is 101 Å². The van der Waals surface area contributed by atoms with Crippen LogP contribution in [0.15, 0.2) is 95.8 Å². The highest BCUT2D eigenvalue weighted by molar-refractivity contribution is 5.92. The molecule has 0 unspecified atom stereocenters. The highest BCUT2D eigenvalue weighted by Crippen LogP contribution is 2.29. The molecule has 0 saturated heterocycles. The van der Waals surface area contributed by atoms with E-state index < -0.39 is 5.91 Å². The molecule has 0 radical (unpaired) electrons. The van der Waals surface area contributed by atoms with E-state index in [0.29, 0.717) is 22.9 Å². The van der Waals surface area contributed by atoms with Crippen LogP contribution in [0.2, 0.25) is 0 Å². The Labute approximate surface area is 184 Å². The zero-order chi connectivity index (χ0) is 22.3. The Morgan fingerprint density at radius 2 is 1.59 bits per heavy atom. The van der Waals surface area contributed by atoms with Crippen molar-refractivity contribution in [1.82, 2.24) is 9.78 Å². The normalized spacial score (nSPS) is 10.4. The minimum absolute atomic E-state index is 0.234. The second-order valence-corrected chi connectivity index (χ2v) is 6.90. The molecule has 3 aromatic carbocycles. The van der Waals surface area contributed by atoms with E-state index in [2.05, 4.69) is 10.4 Å². The standard InChI is InChI=1S/C25H21N3O4/c1-31-19-13-11-18(12-14-19)21-15-16-25(30)28(27-21)17-24(29)26-22-9-5-6-10-23(22)32-20-7-3-2-4-8-20/h2-16H,17H2,1H3,(H,26,29). The highest BCUT2D eigenvalue weighted by Gasteiger charge is 2.12. The van der Waals surface area contributed by atoms with E-state index in [0.717, 1.165) is 16.0 Å². The van der Waals surface area contributed by atoms with Crippen LogP contribution < -0.4 is 20.3 Å². The van der Waals surface area contributed by atoms with Crippen molar-refractivity contribution in [3.8, 4) is 28.5 Å². The third-order valence-electron chi connectivity index (χ3n) is 4.68. The summed E-state index contributed by atoms with van der Waals surface area (Å²) in [7, 11) is 1.59. The number of hydrogen-bond acceptors (Lipinski definition) is 5. The number of nitrogens with one attached hydrogen (secondary N) is 1.